The number of aromatic nitrogens is 2. The van der Waals surface area contributed by atoms with Crippen molar-refractivity contribution >= 4 is 33.7 Å². The van der Waals surface area contributed by atoms with Gasteiger partial charge in [-0.15, -0.1) is 11.3 Å². The van der Waals surface area contributed by atoms with E-state index in [1.807, 2.05) is 32.0 Å². The first-order valence-electron chi connectivity index (χ1n) is 8.24. The van der Waals surface area contributed by atoms with Crippen LogP contribution in [0.5, 0.6) is 0 Å². The number of aryl methyl sites for hydroxylation is 2. The Morgan fingerprint density at radius 1 is 1.08 bits per heavy atom. The maximum absolute atomic E-state index is 12.6. The number of nitrogens with zero attached hydrogens (tertiary/aromatic N) is 2. The van der Waals surface area contributed by atoms with Gasteiger partial charge in [-0.25, -0.2) is 9.97 Å². The van der Waals surface area contributed by atoms with Crippen molar-refractivity contribution < 1.29 is 4.79 Å². The van der Waals surface area contributed by atoms with Gasteiger partial charge in [-0.05, 0) is 25.3 Å². The van der Waals surface area contributed by atoms with Crippen LogP contribution in [0.1, 0.15) is 39.9 Å². The summed E-state index contributed by atoms with van der Waals surface area (Å²) in [6, 6.07) is 10.1. The summed E-state index contributed by atoms with van der Waals surface area (Å²) in [7, 11) is 0. The van der Waals surface area contributed by atoms with Crippen LogP contribution >= 0.6 is 22.7 Å². The van der Waals surface area contributed by atoms with E-state index in [4.69, 9.17) is 0 Å². The fourth-order valence-electron chi connectivity index (χ4n) is 2.56. The number of hydrogen-bond acceptors (Lipinski definition) is 5. The van der Waals surface area contributed by atoms with Gasteiger partial charge in [0.15, 0.2) is 5.13 Å². The lowest BCUT2D eigenvalue weighted by atomic mass is 10.1. The molecule has 0 radical (unpaired) electrons. The molecule has 0 aliphatic heterocycles. The van der Waals surface area contributed by atoms with Gasteiger partial charge < -0.3 is 0 Å². The predicted molar refractivity (Wildman–Crippen MR) is 106 cm³/mol. The Balaban J connectivity index is 1.79. The molecule has 130 valence electrons. The van der Waals surface area contributed by atoms with Crippen LogP contribution < -0.4 is 5.32 Å². The fourth-order valence-corrected chi connectivity index (χ4v) is 4.70. The number of thiazole rings is 2. The zero-order valence-electron chi connectivity index (χ0n) is 14.8. The molecule has 0 aliphatic carbocycles. The smallest absolute Gasteiger partial charge is 0.269 e. The van der Waals surface area contributed by atoms with Gasteiger partial charge in [0, 0.05) is 6.42 Å². The lowest BCUT2D eigenvalue weighted by Gasteiger charge is -1.99. The van der Waals surface area contributed by atoms with E-state index in [1.165, 1.54) is 22.7 Å². The Morgan fingerprint density at radius 2 is 1.80 bits per heavy atom. The third kappa shape index (κ3) is 4.14. The third-order valence-electron chi connectivity index (χ3n) is 3.68. The van der Waals surface area contributed by atoms with E-state index in [9.17, 15) is 4.79 Å². The van der Waals surface area contributed by atoms with E-state index in [2.05, 4.69) is 41.3 Å². The van der Waals surface area contributed by atoms with Gasteiger partial charge in [0.2, 0.25) is 0 Å². The maximum Gasteiger partial charge on any atom is 0.269 e. The molecular formula is C19H21N3OS2. The molecule has 1 aromatic carbocycles. The number of nitrogens with one attached hydrogen (secondary N) is 1. The van der Waals surface area contributed by atoms with Crippen molar-refractivity contribution in [3.63, 3.8) is 0 Å². The summed E-state index contributed by atoms with van der Waals surface area (Å²) in [6.45, 7) is 8.16. The molecule has 0 atom stereocenters. The van der Waals surface area contributed by atoms with Crippen molar-refractivity contribution in [2.75, 3.05) is 5.32 Å². The van der Waals surface area contributed by atoms with Gasteiger partial charge >= 0.3 is 0 Å². The molecule has 2 aromatic heterocycles. The molecule has 0 saturated heterocycles. The van der Waals surface area contributed by atoms with Crippen LogP contribution in [0.25, 0.3) is 10.4 Å². The number of carbonyl (C=O) groups is 1. The minimum absolute atomic E-state index is 0.127. The minimum Gasteiger partial charge on any atom is -0.297 e. The number of benzene rings is 1. The first kappa shape index (κ1) is 17.8. The van der Waals surface area contributed by atoms with Crippen molar-refractivity contribution in [3.05, 3.63) is 51.6 Å². The van der Waals surface area contributed by atoms with Crippen LogP contribution in [-0.4, -0.2) is 15.9 Å². The molecule has 4 nitrogen and oxygen atoms in total. The summed E-state index contributed by atoms with van der Waals surface area (Å²) < 4.78 is 0. The highest BCUT2D eigenvalue weighted by molar-refractivity contribution is 7.19. The van der Waals surface area contributed by atoms with Gasteiger partial charge in [-0.3, -0.25) is 10.1 Å². The molecule has 2 heterocycles. The van der Waals surface area contributed by atoms with E-state index >= 15 is 0 Å². The molecule has 3 rings (SSSR count). The quantitative estimate of drug-likeness (QED) is 0.659. The summed E-state index contributed by atoms with van der Waals surface area (Å²) in [6.07, 6.45) is 0.896. The number of amides is 1. The van der Waals surface area contributed by atoms with Gasteiger partial charge in [0.1, 0.15) is 4.88 Å². The van der Waals surface area contributed by atoms with Crippen molar-refractivity contribution in [1.29, 1.82) is 0 Å². The van der Waals surface area contributed by atoms with Crippen LogP contribution in [-0.2, 0) is 6.42 Å². The Bertz CT molecular complexity index is 881. The van der Waals surface area contributed by atoms with E-state index < -0.39 is 0 Å². The first-order valence-corrected chi connectivity index (χ1v) is 9.88. The molecule has 0 aliphatic rings. The van der Waals surface area contributed by atoms with Gasteiger partial charge in [0.25, 0.3) is 5.91 Å². The Labute approximate surface area is 156 Å². The normalized spacial score (nSPS) is 11.1. The summed E-state index contributed by atoms with van der Waals surface area (Å²) in [5, 5.41) is 4.57. The molecule has 1 amide bonds. The topological polar surface area (TPSA) is 54.9 Å². The molecule has 0 saturated carbocycles. The van der Waals surface area contributed by atoms with Crippen molar-refractivity contribution in [2.24, 2.45) is 5.92 Å². The third-order valence-corrected chi connectivity index (χ3v) is 5.98. The van der Waals surface area contributed by atoms with Crippen LogP contribution in [0.15, 0.2) is 30.3 Å². The first-order chi connectivity index (χ1) is 11.9. The van der Waals surface area contributed by atoms with E-state index in [-0.39, 0.29) is 5.91 Å². The van der Waals surface area contributed by atoms with Crippen LogP contribution in [0.4, 0.5) is 5.13 Å². The van der Waals surface area contributed by atoms with E-state index in [0.717, 1.165) is 33.3 Å². The molecule has 1 N–H and O–H groups in total. The van der Waals surface area contributed by atoms with Crippen molar-refractivity contribution in [1.82, 2.24) is 9.97 Å². The highest BCUT2D eigenvalue weighted by Crippen LogP contribution is 2.33. The SMILES string of the molecule is Cc1nc(CC(C)C)sc1C(=O)Nc1nc(C)c(-c2ccccc2)s1. The number of hydrogen-bond donors (Lipinski definition) is 1. The monoisotopic (exact) mass is 371 g/mol. The predicted octanol–water partition coefficient (Wildman–Crippen LogP) is 5.33. The van der Waals surface area contributed by atoms with Gasteiger partial charge in [0.05, 0.1) is 21.3 Å². The van der Waals surface area contributed by atoms with E-state index in [1.54, 1.807) is 0 Å². The summed E-state index contributed by atoms with van der Waals surface area (Å²) in [4.78, 5) is 23.4. The largest absolute Gasteiger partial charge is 0.297 e. The number of carbonyl (C=O) groups excluding carboxylic acids is 1. The zero-order chi connectivity index (χ0) is 18.0. The lowest BCUT2D eigenvalue weighted by Crippen LogP contribution is -2.11. The highest BCUT2D eigenvalue weighted by atomic mass is 32.1. The van der Waals surface area contributed by atoms with Gasteiger partial charge in [-0.2, -0.15) is 0 Å². The molecule has 6 heteroatoms. The van der Waals surface area contributed by atoms with Gasteiger partial charge in [-0.1, -0.05) is 55.5 Å². The Morgan fingerprint density at radius 3 is 2.48 bits per heavy atom. The molecule has 3 aromatic rings. The Kier molecular flexibility index (Phi) is 5.30. The molecule has 0 unspecified atom stereocenters. The zero-order valence-corrected chi connectivity index (χ0v) is 16.4. The summed E-state index contributed by atoms with van der Waals surface area (Å²) in [5.41, 5.74) is 2.83. The second-order valence-electron chi connectivity index (χ2n) is 6.37. The standard InChI is InChI=1S/C19H21N3OS2/c1-11(2)10-15-20-13(4)17(24-15)18(23)22-19-21-12(3)16(25-19)14-8-6-5-7-9-14/h5-9,11H,10H2,1-4H3,(H,21,22,23). The molecule has 0 bridgehead atoms. The average Bonchev–Trinajstić information content (AvgIpc) is 3.10. The van der Waals surface area contributed by atoms with Crippen molar-refractivity contribution in [3.8, 4) is 10.4 Å². The lowest BCUT2D eigenvalue weighted by molar-refractivity contribution is 0.103. The summed E-state index contributed by atoms with van der Waals surface area (Å²) in [5.74, 6) is 0.398. The maximum atomic E-state index is 12.6. The highest BCUT2D eigenvalue weighted by Gasteiger charge is 2.18. The Hall–Kier alpha value is -2.05. The molecular weight excluding hydrogens is 350 g/mol. The second kappa shape index (κ2) is 7.45. The fraction of sp³-hybridized carbons (Fsp3) is 0.316. The molecule has 25 heavy (non-hydrogen) atoms. The van der Waals surface area contributed by atoms with Crippen LogP contribution in [0.2, 0.25) is 0 Å². The van der Waals surface area contributed by atoms with Crippen molar-refractivity contribution in [2.45, 2.75) is 34.1 Å². The van der Waals surface area contributed by atoms with E-state index in [0.29, 0.717) is 15.9 Å². The van der Waals surface area contributed by atoms with Crippen LogP contribution in [0.3, 0.4) is 0 Å². The number of anilines is 1. The summed E-state index contributed by atoms with van der Waals surface area (Å²) >= 11 is 2.98. The molecule has 0 spiro atoms. The number of rotatable bonds is 5. The second-order valence-corrected chi connectivity index (χ2v) is 8.46. The molecule has 0 fully saturated rings. The van der Waals surface area contributed by atoms with Crippen LogP contribution in [0, 0.1) is 19.8 Å². The minimum atomic E-state index is -0.127. The average molecular weight is 372 g/mol.